The van der Waals surface area contributed by atoms with E-state index in [0.29, 0.717) is 42.3 Å². The zero-order valence-corrected chi connectivity index (χ0v) is 17.6. The van der Waals surface area contributed by atoms with Crippen molar-refractivity contribution >= 4 is 22.7 Å². The molecule has 1 aliphatic heterocycles. The molecule has 4 rings (SSSR count). The first-order valence-electron chi connectivity index (χ1n) is 10.3. The van der Waals surface area contributed by atoms with Crippen LogP contribution in [-0.4, -0.2) is 52.2 Å². The van der Waals surface area contributed by atoms with Gasteiger partial charge in [0, 0.05) is 31.0 Å². The van der Waals surface area contributed by atoms with Crippen molar-refractivity contribution in [3.05, 3.63) is 47.3 Å². The zero-order chi connectivity index (χ0) is 21.8. The molecule has 3 heterocycles. The molecule has 1 aliphatic rings. The van der Waals surface area contributed by atoms with Crippen LogP contribution in [0.25, 0.3) is 10.9 Å². The van der Waals surface area contributed by atoms with Crippen molar-refractivity contribution in [1.82, 2.24) is 25.5 Å². The van der Waals surface area contributed by atoms with Gasteiger partial charge in [-0.05, 0) is 31.7 Å². The third-order valence-electron chi connectivity index (χ3n) is 5.61. The van der Waals surface area contributed by atoms with Crippen LogP contribution in [0, 0.1) is 12.8 Å². The van der Waals surface area contributed by atoms with Crippen molar-refractivity contribution in [2.45, 2.75) is 32.7 Å². The van der Waals surface area contributed by atoms with Crippen LogP contribution >= 0.6 is 0 Å². The largest absolute Gasteiger partial charge is 0.481 e. The fourth-order valence-corrected chi connectivity index (χ4v) is 3.95. The van der Waals surface area contributed by atoms with Crippen molar-refractivity contribution < 1.29 is 19.0 Å². The number of para-hydroxylation sites is 1. The van der Waals surface area contributed by atoms with Crippen LogP contribution in [-0.2, 0) is 11.3 Å². The van der Waals surface area contributed by atoms with Gasteiger partial charge in [-0.25, -0.2) is 9.61 Å². The van der Waals surface area contributed by atoms with Crippen LogP contribution in [0.1, 0.15) is 41.0 Å². The number of carbonyl (C=O) groups excluding carboxylic acids is 2. The molecule has 162 valence electrons. The molecule has 3 aromatic rings. The predicted octanol–water partition coefficient (Wildman–Crippen LogP) is 2.49. The van der Waals surface area contributed by atoms with E-state index in [0.717, 1.165) is 23.7 Å². The lowest BCUT2D eigenvalue weighted by atomic mass is 9.93. The van der Waals surface area contributed by atoms with Crippen molar-refractivity contribution in [2.24, 2.45) is 5.92 Å². The fourth-order valence-electron chi connectivity index (χ4n) is 3.95. The maximum Gasteiger partial charge on any atom is 0.254 e. The Kier molecular flexibility index (Phi) is 6.11. The van der Waals surface area contributed by atoms with Crippen LogP contribution in [0.5, 0.6) is 5.88 Å². The molecule has 2 aromatic heterocycles. The highest BCUT2D eigenvalue weighted by Crippen LogP contribution is 2.26. The minimum absolute atomic E-state index is 0.0636. The Balaban J connectivity index is 1.42. The second kappa shape index (κ2) is 9.11. The molecule has 2 amide bonds. The Labute approximate surface area is 179 Å². The van der Waals surface area contributed by atoms with Crippen LogP contribution in [0.15, 0.2) is 35.0 Å². The maximum absolute atomic E-state index is 13.3. The number of ether oxygens (including phenoxy) is 1. The van der Waals surface area contributed by atoms with Crippen LogP contribution < -0.4 is 10.1 Å². The smallest absolute Gasteiger partial charge is 0.254 e. The Morgan fingerprint density at radius 1 is 1.29 bits per heavy atom. The van der Waals surface area contributed by atoms with Gasteiger partial charge in [-0.3, -0.25) is 9.59 Å². The first kappa shape index (κ1) is 20.8. The third kappa shape index (κ3) is 4.65. The molecule has 1 aromatic carbocycles. The summed E-state index contributed by atoms with van der Waals surface area (Å²) in [5.41, 5.74) is 2.57. The molecule has 0 saturated carbocycles. The van der Waals surface area contributed by atoms with E-state index in [2.05, 4.69) is 25.2 Å². The van der Waals surface area contributed by atoms with Crippen molar-refractivity contribution in [2.75, 3.05) is 20.2 Å². The van der Waals surface area contributed by atoms with Crippen molar-refractivity contribution in [3.63, 3.8) is 0 Å². The number of aryl methyl sites for hydroxylation is 1. The Morgan fingerprint density at radius 2 is 2.13 bits per heavy atom. The second-order valence-corrected chi connectivity index (χ2v) is 7.77. The molecular formula is C22H25N5O4. The SMILES string of the molecule is COc1cc(C(=O)N2CCCC(CC(=O)NCc3nonc3C)C2)c2ccccc2n1. The number of likely N-dealkylation sites (tertiary alicyclic amines) is 1. The fraction of sp³-hybridized carbons (Fsp3) is 0.409. The molecule has 9 heteroatoms. The van der Waals surface area contributed by atoms with E-state index in [1.54, 1.807) is 13.0 Å². The number of aromatic nitrogens is 3. The summed E-state index contributed by atoms with van der Waals surface area (Å²) >= 11 is 0. The number of methoxy groups -OCH3 is 1. The predicted molar refractivity (Wildman–Crippen MR) is 112 cm³/mol. The molecule has 0 spiro atoms. The second-order valence-electron chi connectivity index (χ2n) is 7.77. The molecule has 0 radical (unpaired) electrons. The number of nitrogens with one attached hydrogen (secondary N) is 1. The number of piperidine rings is 1. The standard InChI is InChI=1S/C22H25N5O4/c1-14-19(26-31-25-14)12-23-20(28)10-15-6-5-9-27(13-15)22(29)17-11-21(30-2)24-18-8-4-3-7-16(17)18/h3-4,7-8,11,15H,5-6,9-10,12-13H2,1-2H3,(H,23,28). The van der Waals surface area contributed by atoms with E-state index in [4.69, 9.17) is 4.74 Å². The number of nitrogens with zero attached hydrogens (tertiary/aromatic N) is 4. The van der Waals surface area contributed by atoms with Crippen LogP contribution in [0.2, 0.25) is 0 Å². The van der Waals surface area contributed by atoms with E-state index in [-0.39, 0.29) is 24.3 Å². The van der Waals surface area contributed by atoms with Crippen LogP contribution in [0.3, 0.4) is 0 Å². The number of pyridine rings is 1. The highest BCUT2D eigenvalue weighted by molar-refractivity contribution is 6.06. The minimum Gasteiger partial charge on any atom is -0.481 e. The molecule has 1 fully saturated rings. The average molecular weight is 423 g/mol. The number of benzene rings is 1. The van der Waals surface area contributed by atoms with Gasteiger partial charge in [-0.15, -0.1) is 0 Å². The van der Waals surface area contributed by atoms with Gasteiger partial charge in [-0.1, -0.05) is 28.5 Å². The Bertz CT molecular complexity index is 1100. The number of amides is 2. The van der Waals surface area contributed by atoms with Crippen LogP contribution in [0.4, 0.5) is 0 Å². The van der Waals surface area contributed by atoms with Gasteiger partial charge < -0.3 is 15.0 Å². The number of hydrogen-bond acceptors (Lipinski definition) is 7. The molecule has 31 heavy (non-hydrogen) atoms. The first-order valence-corrected chi connectivity index (χ1v) is 10.3. The monoisotopic (exact) mass is 423 g/mol. The number of rotatable bonds is 6. The minimum atomic E-state index is -0.0715. The summed E-state index contributed by atoms with van der Waals surface area (Å²) in [5, 5.41) is 11.1. The van der Waals surface area contributed by atoms with Gasteiger partial charge in [0.2, 0.25) is 11.8 Å². The molecule has 9 nitrogen and oxygen atoms in total. The van der Waals surface area contributed by atoms with Gasteiger partial charge in [0.25, 0.3) is 5.91 Å². The summed E-state index contributed by atoms with van der Waals surface area (Å²) in [6.07, 6.45) is 2.12. The van der Waals surface area contributed by atoms with Gasteiger partial charge in [0.05, 0.1) is 24.7 Å². The van der Waals surface area contributed by atoms with Gasteiger partial charge in [0.1, 0.15) is 11.4 Å². The van der Waals surface area contributed by atoms with Gasteiger partial charge in [0.15, 0.2) is 0 Å². The van der Waals surface area contributed by atoms with Crippen molar-refractivity contribution in [1.29, 1.82) is 0 Å². The number of fused-ring (bicyclic) bond motifs is 1. The third-order valence-corrected chi connectivity index (χ3v) is 5.61. The molecule has 0 bridgehead atoms. The van der Waals surface area contributed by atoms with Gasteiger partial charge >= 0.3 is 0 Å². The molecule has 0 aliphatic carbocycles. The lowest BCUT2D eigenvalue weighted by molar-refractivity contribution is -0.122. The summed E-state index contributed by atoms with van der Waals surface area (Å²) in [4.78, 5) is 32.0. The van der Waals surface area contributed by atoms with Crippen molar-refractivity contribution in [3.8, 4) is 5.88 Å². The molecular weight excluding hydrogens is 398 g/mol. The van der Waals surface area contributed by atoms with E-state index >= 15 is 0 Å². The first-order chi connectivity index (χ1) is 15.0. The maximum atomic E-state index is 13.3. The average Bonchev–Trinajstić information content (AvgIpc) is 3.21. The lowest BCUT2D eigenvalue weighted by Gasteiger charge is -2.33. The Hall–Kier alpha value is -3.49. The molecule has 1 atom stereocenters. The highest BCUT2D eigenvalue weighted by atomic mass is 16.6. The molecule has 1 N–H and O–H groups in total. The Morgan fingerprint density at radius 3 is 2.90 bits per heavy atom. The van der Waals surface area contributed by atoms with E-state index in [1.165, 1.54) is 7.11 Å². The summed E-state index contributed by atoms with van der Waals surface area (Å²) in [6.45, 7) is 3.27. The lowest BCUT2D eigenvalue weighted by Crippen LogP contribution is -2.41. The summed E-state index contributed by atoms with van der Waals surface area (Å²) < 4.78 is 9.94. The summed E-state index contributed by atoms with van der Waals surface area (Å²) in [6, 6.07) is 9.22. The number of hydrogen-bond donors (Lipinski definition) is 1. The topological polar surface area (TPSA) is 110 Å². The molecule has 1 unspecified atom stereocenters. The number of carbonyl (C=O) groups is 2. The van der Waals surface area contributed by atoms with E-state index in [1.807, 2.05) is 29.2 Å². The van der Waals surface area contributed by atoms with Gasteiger partial charge in [-0.2, -0.15) is 0 Å². The quantitative estimate of drug-likeness (QED) is 0.648. The normalized spacial score (nSPS) is 16.3. The zero-order valence-electron chi connectivity index (χ0n) is 17.6. The summed E-state index contributed by atoms with van der Waals surface area (Å²) in [7, 11) is 1.54. The van der Waals surface area contributed by atoms with E-state index < -0.39 is 0 Å². The summed E-state index contributed by atoms with van der Waals surface area (Å²) in [5.74, 6) is 0.376. The highest BCUT2D eigenvalue weighted by Gasteiger charge is 2.27. The van der Waals surface area contributed by atoms with E-state index in [9.17, 15) is 9.59 Å². The molecule has 1 saturated heterocycles.